The average molecular weight is 309 g/mol. The highest BCUT2D eigenvalue weighted by Crippen LogP contribution is 2.25. The first-order valence-corrected chi connectivity index (χ1v) is 7.95. The van der Waals surface area contributed by atoms with E-state index in [-0.39, 0.29) is 6.73 Å². The minimum Gasteiger partial charge on any atom is -0.233 e. The summed E-state index contributed by atoms with van der Waals surface area (Å²) in [6.45, 7) is 0.0963. The zero-order valence-corrected chi connectivity index (χ0v) is 12.5. The summed E-state index contributed by atoms with van der Waals surface area (Å²) < 4.78 is 2.88. The molecule has 0 fully saturated rings. The SMILES string of the molecule is CSc1ccc(-c2ccc(SNCOOO)cc2)cc1. The highest BCUT2D eigenvalue weighted by molar-refractivity contribution is 7.98. The Balaban J connectivity index is 1.96. The topological polar surface area (TPSA) is 50.7 Å². The second kappa shape index (κ2) is 8.31. The predicted octanol–water partition coefficient (Wildman–Crippen LogP) is 4.05. The molecule has 0 aromatic heterocycles. The molecule has 4 nitrogen and oxygen atoms in total. The molecule has 0 heterocycles. The van der Waals surface area contributed by atoms with Crippen LogP contribution in [0.2, 0.25) is 0 Å². The van der Waals surface area contributed by atoms with Crippen molar-refractivity contribution in [3.63, 3.8) is 0 Å². The van der Waals surface area contributed by atoms with Crippen molar-refractivity contribution >= 4 is 23.7 Å². The van der Waals surface area contributed by atoms with E-state index >= 15 is 0 Å². The summed E-state index contributed by atoms with van der Waals surface area (Å²) in [5, 5.41) is 11.5. The van der Waals surface area contributed by atoms with Gasteiger partial charge in [-0.3, -0.25) is 0 Å². The van der Waals surface area contributed by atoms with Crippen molar-refractivity contribution < 1.29 is 15.2 Å². The molecule has 20 heavy (non-hydrogen) atoms. The quantitative estimate of drug-likeness (QED) is 0.201. The summed E-state index contributed by atoms with van der Waals surface area (Å²) in [7, 11) is 0. The summed E-state index contributed by atoms with van der Waals surface area (Å²) >= 11 is 3.14. The van der Waals surface area contributed by atoms with Crippen LogP contribution in [0.3, 0.4) is 0 Å². The van der Waals surface area contributed by atoms with Crippen molar-refractivity contribution in [1.29, 1.82) is 0 Å². The van der Waals surface area contributed by atoms with E-state index in [1.54, 1.807) is 11.8 Å². The van der Waals surface area contributed by atoms with E-state index in [2.05, 4.69) is 57.3 Å². The number of hydrogen-bond acceptors (Lipinski definition) is 6. The van der Waals surface area contributed by atoms with Gasteiger partial charge in [0.1, 0.15) is 6.73 Å². The van der Waals surface area contributed by atoms with Gasteiger partial charge in [-0.05, 0) is 53.6 Å². The van der Waals surface area contributed by atoms with Crippen LogP contribution in [0.1, 0.15) is 0 Å². The molecule has 0 aliphatic rings. The zero-order valence-electron chi connectivity index (χ0n) is 10.9. The van der Waals surface area contributed by atoms with Gasteiger partial charge in [-0.2, -0.15) is 4.89 Å². The first kappa shape index (κ1) is 15.4. The van der Waals surface area contributed by atoms with Gasteiger partial charge in [0.15, 0.2) is 0 Å². The minimum absolute atomic E-state index is 0.0963. The molecule has 0 bridgehead atoms. The lowest BCUT2D eigenvalue weighted by Gasteiger charge is -2.05. The molecule has 0 atom stereocenters. The Morgan fingerprint density at radius 2 is 1.50 bits per heavy atom. The summed E-state index contributed by atoms with van der Waals surface area (Å²) in [4.78, 5) is 6.60. The lowest BCUT2D eigenvalue weighted by atomic mass is 10.1. The van der Waals surface area contributed by atoms with Gasteiger partial charge in [0.25, 0.3) is 0 Å². The fraction of sp³-hybridized carbons (Fsp3) is 0.143. The number of thioether (sulfide) groups is 1. The largest absolute Gasteiger partial charge is 0.233 e. The van der Waals surface area contributed by atoms with Crippen LogP contribution in [-0.2, 0) is 9.93 Å². The molecule has 0 spiro atoms. The van der Waals surface area contributed by atoms with E-state index in [9.17, 15) is 0 Å². The van der Waals surface area contributed by atoms with Gasteiger partial charge in [0.05, 0.1) is 0 Å². The molecule has 2 N–H and O–H groups in total. The molecular formula is C14H15NO3S2. The number of nitrogens with one attached hydrogen (secondary N) is 1. The van der Waals surface area contributed by atoms with Crippen molar-refractivity contribution in [3.05, 3.63) is 48.5 Å². The third-order valence-corrected chi connectivity index (χ3v) is 4.15. The maximum atomic E-state index is 7.99. The Morgan fingerprint density at radius 3 is 2.00 bits per heavy atom. The standard InChI is InChI=1S/C14H15NO3S2/c1-19-13-6-2-11(3-7-13)12-4-8-14(9-5-12)20-15-10-17-18-16/h2-9,15-16H,10H2,1H3. The third kappa shape index (κ3) is 4.52. The summed E-state index contributed by atoms with van der Waals surface area (Å²) in [5.74, 6) is 0. The Kier molecular flexibility index (Phi) is 6.38. The highest BCUT2D eigenvalue weighted by atomic mass is 32.2. The maximum Gasteiger partial charge on any atom is 0.145 e. The molecule has 106 valence electrons. The van der Waals surface area contributed by atoms with Crippen LogP contribution in [0.25, 0.3) is 11.1 Å². The zero-order chi connectivity index (χ0) is 14.2. The first-order valence-electron chi connectivity index (χ1n) is 5.90. The predicted molar refractivity (Wildman–Crippen MR) is 82.3 cm³/mol. The molecule has 0 amide bonds. The first-order chi connectivity index (χ1) is 9.83. The van der Waals surface area contributed by atoms with Crippen LogP contribution in [0, 0.1) is 0 Å². The van der Waals surface area contributed by atoms with Crippen LogP contribution in [0.4, 0.5) is 0 Å². The molecular weight excluding hydrogens is 294 g/mol. The van der Waals surface area contributed by atoms with Gasteiger partial charge in [-0.25, -0.2) is 9.98 Å². The van der Waals surface area contributed by atoms with E-state index in [0.29, 0.717) is 0 Å². The number of hydrogen-bond donors (Lipinski definition) is 2. The number of benzene rings is 2. The highest BCUT2D eigenvalue weighted by Gasteiger charge is 1.99. The smallest absolute Gasteiger partial charge is 0.145 e. The van der Waals surface area contributed by atoms with Gasteiger partial charge in [0, 0.05) is 9.79 Å². The molecule has 2 aromatic rings. The van der Waals surface area contributed by atoms with Crippen molar-refractivity contribution in [1.82, 2.24) is 4.72 Å². The fourth-order valence-corrected chi connectivity index (χ4v) is 2.62. The second-order valence-electron chi connectivity index (χ2n) is 3.84. The van der Waals surface area contributed by atoms with Gasteiger partial charge in [0.2, 0.25) is 0 Å². The molecule has 2 rings (SSSR count). The van der Waals surface area contributed by atoms with Crippen molar-refractivity contribution in [2.45, 2.75) is 9.79 Å². The van der Waals surface area contributed by atoms with E-state index < -0.39 is 0 Å². The molecule has 0 radical (unpaired) electrons. The third-order valence-electron chi connectivity index (χ3n) is 2.64. The Labute approximate surface area is 126 Å². The Morgan fingerprint density at radius 1 is 0.950 bits per heavy atom. The average Bonchev–Trinajstić information content (AvgIpc) is 2.52. The molecule has 0 aliphatic heterocycles. The van der Waals surface area contributed by atoms with Gasteiger partial charge < -0.3 is 0 Å². The molecule has 0 saturated carbocycles. The summed E-state index contributed by atoms with van der Waals surface area (Å²) in [6, 6.07) is 16.7. The normalized spacial score (nSPS) is 10.7. The molecule has 6 heteroatoms. The van der Waals surface area contributed by atoms with Gasteiger partial charge >= 0.3 is 0 Å². The second-order valence-corrected chi connectivity index (χ2v) is 5.68. The van der Waals surface area contributed by atoms with Crippen LogP contribution in [0.5, 0.6) is 0 Å². The molecule has 2 aromatic carbocycles. The van der Waals surface area contributed by atoms with E-state index in [1.165, 1.54) is 28.0 Å². The molecule has 0 aliphatic carbocycles. The molecule has 0 unspecified atom stereocenters. The van der Waals surface area contributed by atoms with Gasteiger partial charge in [-0.1, -0.05) is 29.3 Å². The molecule has 0 saturated heterocycles. The minimum atomic E-state index is 0.0963. The Hall–Kier alpha value is -1.02. The monoisotopic (exact) mass is 309 g/mol. The van der Waals surface area contributed by atoms with Crippen LogP contribution in [0.15, 0.2) is 58.3 Å². The van der Waals surface area contributed by atoms with E-state index in [4.69, 9.17) is 5.26 Å². The maximum absolute atomic E-state index is 7.99. The van der Waals surface area contributed by atoms with Gasteiger partial charge in [-0.15, -0.1) is 11.8 Å². The van der Waals surface area contributed by atoms with Crippen molar-refractivity contribution in [2.75, 3.05) is 13.0 Å². The van der Waals surface area contributed by atoms with Crippen LogP contribution >= 0.6 is 23.7 Å². The number of rotatable bonds is 7. The van der Waals surface area contributed by atoms with Crippen LogP contribution in [-0.4, -0.2) is 18.2 Å². The lowest BCUT2D eigenvalue weighted by Crippen LogP contribution is -2.08. The fourth-order valence-electron chi connectivity index (χ4n) is 1.66. The summed E-state index contributed by atoms with van der Waals surface area (Å²) in [5.41, 5.74) is 2.38. The van der Waals surface area contributed by atoms with Crippen molar-refractivity contribution in [3.8, 4) is 11.1 Å². The lowest BCUT2D eigenvalue weighted by molar-refractivity contribution is -0.491. The Bertz CT molecular complexity index is 517. The van der Waals surface area contributed by atoms with Crippen LogP contribution < -0.4 is 4.72 Å². The van der Waals surface area contributed by atoms with Crippen molar-refractivity contribution in [2.24, 2.45) is 0 Å². The summed E-state index contributed by atoms with van der Waals surface area (Å²) in [6.07, 6.45) is 2.07. The van der Waals surface area contributed by atoms with E-state index in [1.807, 2.05) is 12.1 Å². The van der Waals surface area contributed by atoms with E-state index in [0.717, 1.165) is 4.90 Å².